The number of fused-ring (bicyclic) bond motifs is 1. The Morgan fingerprint density at radius 2 is 2.15 bits per heavy atom. The fraction of sp³-hybridized carbons (Fsp3) is 0.316. The first-order valence-electron chi connectivity index (χ1n) is 8.30. The molecule has 0 atom stereocenters. The predicted octanol–water partition coefficient (Wildman–Crippen LogP) is 4.11. The molecule has 4 nitrogen and oxygen atoms in total. The number of ether oxygens (including phenoxy) is 1. The number of hydrogen-bond acceptors (Lipinski definition) is 5. The van der Waals surface area contributed by atoms with E-state index in [9.17, 15) is 9.50 Å². The lowest BCUT2D eigenvalue weighted by molar-refractivity contribution is 0.0347. The molecule has 3 heterocycles. The molecule has 1 saturated heterocycles. The van der Waals surface area contributed by atoms with Crippen molar-refractivity contribution in [3.05, 3.63) is 45.9 Å². The van der Waals surface area contributed by atoms with Gasteiger partial charge >= 0.3 is 0 Å². The van der Waals surface area contributed by atoms with Crippen LogP contribution in [0.25, 0.3) is 21.3 Å². The van der Waals surface area contributed by atoms with E-state index in [1.807, 2.05) is 31.2 Å². The van der Waals surface area contributed by atoms with Gasteiger partial charge in [0.25, 0.3) is 0 Å². The Hall–Kier alpha value is -1.73. The Balaban J connectivity index is 1.81. The number of aliphatic hydroxyl groups excluding tert-OH is 1. The van der Waals surface area contributed by atoms with Crippen LogP contribution in [0.3, 0.4) is 0 Å². The molecule has 0 saturated carbocycles. The molecule has 0 radical (unpaired) electrons. The molecule has 0 bridgehead atoms. The average Bonchev–Trinajstić information content (AvgIpc) is 3.02. The van der Waals surface area contributed by atoms with Gasteiger partial charge in [-0.05, 0) is 36.8 Å². The predicted molar refractivity (Wildman–Crippen MR) is 103 cm³/mol. The van der Waals surface area contributed by atoms with Gasteiger partial charge in [-0.2, -0.15) is 0 Å². The second-order valence-electron chi connectivity index (χ2n) is 6.59. The molecule has 4 rings (SSSR count). The van der Waals surface area contributed by atoms with Gasteiger partial charge in [0.05, 0.1) is 16.8 Å². The zero-order chi connectivity index (χ0) is 18.3. The van der Waals surface area contributed by atoms with Gasteiger partial charge in [0.2, 0.25) is 0 Å². The molecular weight excluding hydrogens is 375 g/mol. The number of aliphatic hydroxyl groups is 1. The van der Waals surface area contributed by atoms with Crippen LogP contribution >= 0.6 is 22.9 Å². The van der Waals surface area contributed by atoms with E-state index in [0.29, 0.717) is 23.9 Å². The molecule has 26 heavy (non-hydrogen) atoms. The Morgan fingerprint density at radius 3 is 2.85 bits per heavy atom. The van der Waals surface area contributed by atoms with Crippen molar-refractivity contribution in [3.8, 4) is 16.9 Å². The van der Waals surface area contributed by atoms with Crippen LogP contribution in [0.1, 0.15) is 10.4 Å². The SMILES string of the molecule is Cc1cc(Cl)cc(-c2ccnc3cc(CO)sc23)c1OCC1(F)CNC1. The van der Waals surface area contributed by atoms with Crippen LogP contribution in [0.2, 0.25) is 5.02 Å². The smallest absolute Gasteiger partial charge is 0.169 e. The molecule has 1 fully saturated rings. The zero-order valence-electron chi connectivity index (χ0n) is 14.2. The van der Waals surface area contributed by atoms with Crippen LogP contribution in [-0.4, -0.2) is 35.5 Å². The highest BCUT2D eigenvalue weighted by molar-refractivity contribution is 7.19. The van der Waals surface area contributed by atoms with Gasteiger partial charge in [-0.1, -0.05) is 11.6 Å². The number of halogens is 2. The van der Waals surface area contributed by atoms with Gasteiger partial charge in [-0.25, -0.2) is 4.39 Å². The molecule has 1 aliphatic rings. The van der Waals surface area contributed by atoms with E-state index in [1.54, 1.807) is 6.20 Å². The van der Waals surface area contributed by atoms with Crippen molar-refractivity contribution in [2.45, 2.75) is 19.2 Å². The van der Waals surface area contributed by atoms with Crippen molar-refractivity contribution in [1.29, 1.82) is 0 Å². The lowest BCUT2D eigenvalue weighted by Gasteiger charge is -2.34. The number of pyridine rings is 1. The lowest BCUT2D eigenvalue weighted by Crippen LogP contribution is -2.59. The number of nitrogens with zero attached hydrogens (tertiary/aromatic N) is 1. The summed E-state index contributed by atoms with van der Waals surface area (Å²) in [6.07, 6.45) is 1.72. The number of aromatic nitrogens is 1. The molecule has 3 aromatic rings. The third-order valence-electron chi connectivity index (χ3n) is 4.51. The Kier molecular flexibility index (Phi) is 4.61. The first-order chi connectivity index (χ1) is 12.5. The topological polar surface area (TPSA) is 54.4 Å². The number of rotatable bonds is 5. The summed E-state index contributed by atoms with van der Waals surface area (Å²) >= 11 is 7.78. The van der Waals surface area contributed by atoms with Crippen LogP contribution in [0.5, 0.6) is 5.75 Å². The summed E-state index contributed by atoms with van der Waals surface area (Å²) in [4.78, 5) is 5.21. The number of thiophene rings is 1. The average molecular weight is 393 g/mol. The molecule has 7 heteroatoms. The van der Waals surface area contributed by atoms with Crippen molar-refractivity contribution < 1.29 is 14.2 Å². The summed E-state index contributed by atoms with van der Waals surface area (Å²) in [5, 5.41) is 13.0. The van der Waals surface area contributed by atoms with Crippen LogP contribution < -0.4 is 10.1 Å². The molecule has 0 aliphatic carbocycles. The number of nitrogens with one attached hydrogen (secondary N) is 1. The van der Waals surface area contributed by atoms with Gasteiger partial charge in [-0.15, -0.1) is 11.3 Å². The van der Waals surface area contributed by atoms with Crippen molar-refractivity contribution in [2.24, 2.45) is 0 Å². The molecule has 0 unspecified atom stereocenters. The summed E-state index contributed by atoms with van der Waals surface area (Å²) in [5.74, 6) is 0.629. The maximum atomic E-state index is 14.4. The van der Waals surface area contributed by atoms with Crippen molar-refractivity contribution in [3.63, 3.8) is 0 Å². The van der Waals surface area contributed by atoms with Crippen LogP contribution in [-0.2, 0) is 6.61 Å². The van der Waals surface area contributed by atoms with Gasteiger partial charge in [0.15, 0.2) is 5.67 Å². The van der Waals surface area contributed by atoms with E-state index < -0.39 is 5.67 Å². The van der Waals surface area contributed by atoms with Crippen LogP contribution in [0.15, 0.2) is 30.5 Å². The Labute approximate surface area is 159 Å². The molecule has 1 aromatic carbocycles. The highest BCUT2D eigenvalue weighted by Gasteiger charge is 2.38. The minimum absolute atomic E-state index is 0.00394. The molecule has 1 aliphatic heterocycles. The number of alkyl halides is 1. The Morgan fingerprint density at radius 1 is 1.35 bits per heavy atom. The van der Waals surface area contributed by atoms with Crippen LogP contribution in [0.4, 0.5) is 4.39 Å². The second-order valence-corrected chi connectivity index (χ2v) is 8.16. The van der Waals surface area contributed by atoms with Crippen molar-refractivity contribution in [1.82, 2.24) is 10.3 Å². The lowest BCUT2D eigenvalue weighted by atomic mass is 10.00. The zero-order valence-corrected chi connectivity index (χ0v) is 15.8. The third kappa shape index (κ3) is 3.18. The van der Waals surface area contributed by atoms with E-state index in [0.717, 1.165) is 31.8 Å². The van der Waals surface area contributed by atoms with E-state index in [4.69, 9.17) is 16.3 Å². The largest absolute Gasteiger partial charge is 0.489 e. The molecule has 0 amide bonds. The maximum absolute atomic E-state index is 14.4. The minimum Gasteiger partial charge on any atom is -0.489 e. The fourth-order valence-corrected chi connectivity index (χ4v) is 4.37. The van der Waals surface area contributed by atoms with Gasteiger partial charge < -0.3 is 15.2 Å². The highest BCUT2D eigenvalue weighted by atomic mass is 35.5. The summed E-state index contributed by atoms with van der Waals surface area (Å²) in [7, 11) is 0. The molecule has 2 aromatic heterocycles. The first-order valence-corrected chi connectivity index (χ1v) is 9.50. The maximum Gasteiger partial charge on any atom is 0.169 e. The highest BCUT2D eigenvalue weighted by Crippen LogP contribution is 2.41. The van der Waals surface area contributed by atoms with Gasteiger partial charge in [-0.3, -0.25) is 4.98 Å². The summed E-state index contributed by atoms with van der Waals surface area (Å²) in [6.45, 7) is 2.48. The standard InChI is InChI=1S/C19H18ClFN2O2S/c1-11-4-12(20)5-15(17(11)25-10-19(21)8-22-9-19)14-2-3-23-16-6-13(7-24)26-18(14)16/h2-6,22,24H,7-10H2,1H3. The van der Waals surface area contributed by atoms with E-state index in [1.165, 1.54) is 11.3 Å². The minimum atomic E-state index is -1.33. The second kappa shape index (κ2) is 6.78. The quantitative estimate of drug-likeness (QED) is 0.686. The van der Waals surface area contributed by atoms with Gasteiger partial charge in [0, 0.05) is 40.3 Å². The number of aryl methyl sites for hydroxylation is 1. The monoisotopic (exact) mass is 392 g/mol. The Bertz CT molecular complexity index is 972. The van der Waals surface area contributed by atoms with E-state index in [-0.39, 0.29) is 13.2 Å². The normalized spacial score (nSPS) is 15.8. The molecule has 2 N–H and O–H groups in total. The van der Waals surface area contributed by atoms with E-state index >= 15 is 0 Å². The summed E-state index contributed by atoms with van der Waals surface area (Å²) < 4.78 is 21.3. The molecular formula is C19H18ClFN2O2S. The van der Waals surface area contributed by atoms with Crippen LogP contribution in [0, 0.1) is 6.92 Å². The van der Waals surface area contributed by atoms with Crippen molar-refractivity contribution in [2.75, 3.05) is 19.7 Å². The molecule has 0 spiro atoms. The third-order valence-corrected chi connectivity index (χ3v) is 5.87. The number of benzene rings is 1. The fourth-order valence-electron chi connectivity index (χ4n) is 3.10. The summed E-state index contributed by atoms with van der Waals surface area (Å²) in [5.41, 5.74) is 2.06. The van der Waals surface area contributed by atoms with Crippen molar-refractivity contribution >= 4 is 33.2 Å². The first kappa shape index (κ1) is 17.7. The number of hydrogen-bond donors (Lipinski definition) is 2. The van der Waals surface area contributed by atoms with E-state index in [2.05, 4.69) is 10.3 Å². The summed E-state index contributed by atoms with van der Waals surface area (Å²) in [6, 6.07) is 7.42. The van der Waals surface area contributed by atoms with Gasteiger partial charge in [0.1, 0.15) is 12.4 Å². The molecule has 136 valence electrons.